The number of furan rings is 1. The Hall–Kier alpha value is -2.27. The van der Waals surface area contributed by atoms with Gasteiger partial charge in [-0.3, -0.25) is 4.79 Å². The molecule has 0 saturated carbocycles. The first-order valence-electron chi connectivity index (χ1n) is 6.96. The molecule has 0 aliphatic heterocycles. The number of benzene rings is 1. The maximum absolute atomic E-state index is 12.7. The van der Waals surface area contributed by atoms with E-state index in [1.54, 1.807) is 20.1 Å². The van der Waals surface area contributed by atoms with Crippen LogP contribution in [0.2, 0.25) is 0 Å². The minimum atomic E-state index is -1.64. The lowest BCUT2D eigenvalue weighted by atomic mass is 9.75. The highest BCUT2D eigenvalue weighted by Crippen LogP contribution is 2.52. The third kappa shape index (κ3) is 1.66. The van der Waals surface area contributed by atoms with E-state index in [9.17, 15) is 9.90 Å². The van der Waals surface area contributed by atoms with Crippen molar-refractivity contribution in [3.8, 4) is 22.8 Å². The third-order valence-electron chi connectivity index (χ3n) is 4.22. The number of hydrogen-bond donors (Lipinski definition) is 1. The van der Waals surface area contributed by atoms with Crippen molar-refractivity contribution in [1.29, 1.82) is 0 Å². The largest absolute Gasteiger partial charge is 0.493 e. The van der Waals surface area contributed by atoms with Gasteiger partial charge in [0.25, 0.3) is 0 Å². The average molecular weight is 302 g/mol. The van der Waals surface area contributed by atoms with Crippen molar-refractivity contribution in [2.24, 2.45) is 0 Å². The second-order valence-electron chi connectivity index (χ2n) is 5.70. The number of ether oxygens (including phenoxy) is 2. The average Bonchev–Trinajstić information content (AvgIpc) is 2.85. The van der Waals surface area contributed by atoms with Gasteiger partial charge in [-0.25, -0.2) is 0 Å². The van der Waals surface area contributed by atoms with Crippen LogP contribution in [0.1, 0.15) is 34.0 Å². The Balaban J connectivity index is 2.51. The zero-order valence-corrected chi connectivity index (χ0v) is 13.2. The van der Waals surface area contributed by atoms with Gasteiger partial charge in [0.05, 0.1) is 31.6 Å². The minimum Gasteiger partial charge on any atom is -0.493 e. The Bertz CT molecular complexity index is 783. The van der Waals surface area contributed by atoms with Gasteiger partial charge < -0.3 is 19.0 Å². The number of ketones is 1. The van der Waals surface area contributed by atoms with Gasteiger partial charge in [-0.2, -0.15) is 0 Å². The zero-order chi connectivity index (χ0) is 16.2. The molecule has 1 aliphatic carbocycles. The molecule has 1 N–H and O–H groups in total. The molecule has 1 aromatic heterocycles. The second kappa shape index (κ2) is 4.61. The number of methoxy groups -OCH3 is 2. The van der Waals surface area contributed by atoms with Crippen LogP contribution in [0.5, 0.6) is 11.5 Å². The van der Waals surface area contributed by atoms with Gasteiger partial charge in [-0.1, -0.05) is 0 Å². The zero-order valence-electron chi connectivity index (χ0n) is 13.2. The topological polar surface area (TPSA) is 68.9 Å². The Morgan fingerprint density at radius 3 is 2.41 bits per heavy atom. The van der Waals surface area contributed by atoms with Crippen LogP contribution in [-0.2, 0) is 5.60 Å². The molecule has 5 nitrogen and oxygen atoms in total. The van der Waals surface area contributed by atoms with Crippen molar-refractivity contribution in [3.05, 3.63) is 34.6 Å². The van der Waals surface area contributed by atoms with E-state index in [4.69, 9.17) is 13.9 Å². The predicted molar refractivity (Wildman–Crippen MR) is 80.6 cm³/mol. The maximum atomic E-state index is 12.7. The highest BCUT2D eigenvalue weighted by molar-refractivity contribution is 6.12. The molecule has 3 rings (SSSR count). The molecule has 22 heavy (non-hydrogen) atoms. The molecule has 116 valence electrons. The first-order valence-corrected chi connectivity index (χ1v) is 6.96. The molecular formula is C17H18O5. The van der Waals surface area contributed by atoms with Gasteiger partial charge in [-0.15, -0.1) is 0 Å². The molecule has 5 heteroatoms. The molecular weight excluding hydrogens is 284 g/mol. The van der Waals surface area contributed by atoms with Gasteiger partial charge >= 0.3 is 0 Å². The van der Waals surface area contributed by atoms with Gasteiger partial charge in [-0.05, 0) is 38.0 Å². The summed E-state index contributed by atoms with van der Waals surface area (Å²) >= 11 is 0. The highest BCUT2D eigenvalue weighted by atomic mass is 16.5. The van der Waals surface area contributed by atoms with Crippen LogP contribution in [0.15, 0.2) is 16.7 Å². The molecule has 0 radical (unpaired) electrons. The molecule has 0 fully saturated rings. The van der Waals surface area contributed by atoms with E-state index in [2.05, 4.69) is 0 Å². The fraction of sp³-hybridized carbons (Fsp3) is 0.353. The van der Waals surface area contributed by atoms with Crippen LogP contribution in [0.25, 0.3) is 11.3 Å². The maximum Gasteiger partial charge on any atom is 0.202 e. The molecule has 1 aliphatic rings. The standard InChI is InChI=1S/C17H18O5/c1-8-6-10(20-4)14(21-5)12-13(8)17(3,19)16(18)11-9(2)7-22-15(11)12/h6-7,19H,1-5H3. The molecule has 0 spiro atoms. The van der Waals surface area contributed by atoms with E-state index in [1.165, 1.54) is 20.3 Å². The SMILES string of the molecule is COc1cc(C)c2c(c1OC)-c1occ(C)c1C(=O)C2(C)O. The van der Waals surface area contributed by atoms with Crippen LogP contribution in [0.3, 0.4) is 0 Å². The fourth-order valence-corrected chi connectivity index (χ4v) is 3.23. The molecule has 2 aromatic rings. The predicted octanol–water partition coefficient (Wildman–Crippen LogP) is 2.98. The lowest BCUT2D eigenvalue weighted by Gasteiger charge is -2.32. The number of hydrogen-bond acceptors (Lipinski definition) is 5. The second-order valence-corrected chi connectivity index (χ2v) is 5.70. The number of Topliss-reactive ketones (excluding diaryl/α,β-unsaturated/α-hetero) is 1. The van der Waals surface area contributed by atoms with Gasteiger partial charge in [0.1, 0.15) is 5.76 Å². The van der Waals surface area contributed by atoms with E-state index in [-0.39, 0.29) is 5.78 Å². The van der Waals surface area contributed by atoms with Gasteiger partial charge in [0.2, 0.25) is 5.78 Å². The number of carbonyl (C=O) groups excluding carboxylic acids is 1. The molecule has 1 heterocycles. The summed E-state index contributed by atoms with van der Waals surface area (Å²) in [6.45, 7) is 5.10. The monoisotopic (exact) mass is 302 g/mol. The normalized spacial score (nSPS) is 19.6. The van der Waals surface area contributed by atoms with Crippen molar-refractivity contribution in [1.82, 2.24) is 0 Å². The number of rotatable bonds is 2. The highest BCUT2D eigenvalue weighted by Gasteiger charge is 2.46. The Morgan fingerprint density at radius 2 is 1.82 bits per heavy atom. The van der Waals surface area contributed by atoms with Crippen molar-refractivity contribution < 1.29 is 23.8 Å². The quantitative estimate of drug-likeness (QED) is 0.923. The third-order valence-corrected chi connectivity index (χ3v) is 4.22. The van der Waals surface area contributed by atoms with Gasteiger partial charge in [0.15, 0.2) is 17.1 Å². The summed E-state index contributed by atoms with van der Waals surface area (Å²) < 4.78 is 16.5. The van der Waals surface area contributed by atoms with Crippen LogP contribution >= 0.6 is 0 Å². The minimum absolute atomic E-state index is 0.364. The Labute approximate surface area is 128 Å². The smallest absolute Gasteiger partial charge is 0.202 e. The summed E-state index contributed by atoms with van der Waals surface area (Å²) in [6.07, 6.45) is 1.52. The number of fused-ring (bicyclic) bond motifs is 3. The molecule has 0 saturated heterocycles. The number of aliphatic hydroxyl groups is 1. The van der Waals surface area contributed by atoms with E-state index in [0.717, 1.165) is 5.56 Å². The van der Waals surface area contributed by atoms with Crippen molar-refractivity contribution in [2.75, 3.05) is 14.2 Å². The van der Waals surface area contributed by atoms with Crippen molar-refractivity contribution >= 4 is 5.78 Å². The first-order chi connectivity index (χ1) is 10.3. The first kappa shape index (κ1) is 14.7. The summed E-state index contributed by atoms with van der Waals surface area (Å²) in [7, 11) is 3.07. The van der Waals surface area contributed by atoms with Crippen molar-refractivity contribution in [2.45, 2.75) is 26.4 Å². The van der Waals surface area contributed by atoms with Crippen LogP contribution in [-0.4, -0.2) is 25.1 Å². The molecule has 0 amide bonds. The summed E-state index contributed by atoms with van der Waals surface area (Å²) in [6, 6.07) is 1.75. The van der Waals surface area contributed by atoms with E-state index >= 15 is 0 Å². The molecule has 1 aromatic carbocycles. The van der Waals surface area contributed by atoms with Gasteiger partial charge in [0, 0.05) is 5.56 Å². The summed E-state index contributed by atoms with van der Waals surface area (Å²) in [5.74, 6) is 1.04. The molecule has 1 atom stereocenters. The molecule has 1 unspecified atom stereocenters. The van der Waals surface area contributed by atoms with Crippen LogP contribution < -0.4 is 9.47 Å². The summed E-state index contributed by atoms with van der Waals surface area (Å²) in [4.78, 5) is 12.7. The lowest BCUT2D eigenvalue weighted by Crippen LogP contribution is -2.37. The summed E-state index contributed by atoms with van der Waals surface area (Å²) in [5.41, 5.74) is 1.26. The van der Waals surface area contributed by atoms with E-state index in [0.29, 0.717) is 39.5 Å². The Morgan fingerprint density at radius 1 is 1.14 bits per heavy atom. The Kier molecular flexibility index (Phi) is 3.07. The molecule has 0 bridgehead atoms. The lowest BCUT2D eigenvalue weighted by molar-refractivity contribution is 0.0380. The van der Waals surface area contributed by atoms with Crippen LogP contribution in [0, 0.1) is 13.8 Å². The number of aryl methyl sites for hydroxylation is 2. The van der Waals surface area contributed by atoms with E-state index < -0.39 is 5.60 Å². The number of carbonyl (C=O) groups is 1. The summed E-state index contributed by atoms with van der Waals surface area (Å²) in [5, 5.41) is 10.9. The van der Waals surface area contributed by atoms with E-state index in [1.807, 2.05) is 6.92 Å². The van der Waals surface area contributed by atoms with Crippen molar-refractivity contribution in [3.63, 3.8) is 0 Å². The van der Waals surface area contributed by atoms with Crippen LogP contribution in [0.4, 0.5) is 0 Å². The fourth-order valence-electron chi connectivity index (χ4n) is 3.23.